The fraction of sp³-hybridized carbons (Fsp3) is 1.00. The lowest BCUT2D eigenvalue weighted by Crippen LogP contribution is -2.39. The minimum Gasteiger partial charge on any atom is -0.392 e. The second kappa shape index (κ2) is 6.41. The van der Waals surface area contributed by atoms with Crippen LogP contribution in [0.15, 0.2) is 0 Å². The first-order valence-electron chi connectivity index (χ1n) is 6.16. The molecule has 0 aromatic carbocycles. The van der Waals surface area contributed by atoms with Gasteiger partial charge in [0.15, 0.2) is 0 Å². The molecule has 1 N–H and O–H groups in total. The number of likely N-dealkylation sites (N-methyl/N-ethyl adjacent to an activating group) is 1. The molecule has 0 heterocycles. The van der Waals surface area contributed by atoms with Gasteiger partial charge in [-0.2, -0.15) is 0 Å². The quantitative estimate of drug-likeness (QED) is 0.703. The van der Waals surface area contributed by atoms with E-state index in [0.717, 1.165) is 19.1 Å². The van der Waals surface area contributed by atoms with Gasteiger partial charge >= 0.3 is 0 Å². The van der Waals surface area contributed by atoms with Gasteiger partial charge in [0.25, 0.3) is 0 Å². The van der Waals surface area contributed by atoms with Crippen LogP contribution in [0, 0.1) is 0 Å². The van der Waals surface area contributed by atoms with Gasteiger partial charge in [0.2, 0.25) is 0 Å². The van der Waals surface area contributed by atoms with Gasteiger partial charge in [0.05, 0.1) is 6.10 Å². The number of hydrogen-bond donors (Lipinski definition) is 1. The van der Waals surface area contributed by atoms with Crippen LogP contribution in [0.25, 0.3) is 0 Å². The predicted molar refractivity (Wildman–Crippen MR) is 60.4 cm³/mol. The van der Waals surface area contributed by atoms with Crippen LogP contribution in [0.3, 0.4) is 0 Å². The Morgan fingerprint density at radius 2 is 1.79 bits per heavy atom. The summed E-state index contributed by atoms with van der Waals surface area (Å²) < 4.78 is 0. The molecule has 0 saturated heterocycles. The molecule has 1 aliphatic rings. The molecule has 0 aromatic heterocycles. The first-order chi connectivity index (χ1) is 6.74. The van der Waals surface area contributed by atoms with Crippen molar-refractivity contribution in [1.82, 2.24) is 4.90 Å². The number of aliphatic hydroxyl groups is 1. The zero-order chi connectivity index (χ0) is 10.4. The van der Waals surface area contributed by atoms with Crippen molar-refractivity contribution in [2.24, 2.45) is 0 Å². The molecular weight excluding hydrogens is 174 g/mol. The molecule has 0 bridgehead atoms. The molecule has 0 amide bonds. The Bertz CT molecular complexity index is 139. The van der Waals surface area contributed by atoms with Crippen LogP contribution >= 0.6 is 0 Å². The maximum atomic E-state index is 9.41. The zero-order valence-corrected chi connectivity index (χ0v) is 9.71. The summed E-state index contributed by atoms with van der Waals surface area (Å²) >= 11 is 0. The molecule has 0 aromatic rings. The third-order valence-corrected chi connectivity index (χ3v) is 3.25. The third-order valence-electron chi connectivity index (χ3n) is 3.25. The summed E-state index contributed by atoms with van der Waals surface area (Å²) in [6.45, 7) is 6.02. The Hall–Kier alpha value is -0.0800. The Labute approximate surface area is 88.3 Å². The number of rotatable bonds is 4. The monoisotopic (exact) mass is 199 g/mol. The van der Waals surface area contributed by atoms with E-state index in [2.05, 4.69) is 11.8 Å². The van der Waals surface area contributed by atoms with E-state index in [4.69, 9.17) is 0 Å². The van der Waals surface area contributed by atoms with Crippen LogP contribution in [0.2, 0.25) is 0 Å². The van der Waals surface area contributed by atoms with Gasteiger partial charge in [0, 0.05) is 12.6 Å². The minimum atomic E-state index is -0.182. The summed E-state index contributed by atoms with van der Waals surface area (Å²) in [7, 11) is 0. The van der Waals surface area contributed by atoms with E-state index in [1.165, 1.54) is 38.5 Å². The van der Waals surface area contributed by atoms with Crippen molar-refractivity contribution in [3.8, 4) is 0 Å². The first kappa shape index (κ1) is 12.0. The molecule has 1 fully saturated rings. The molecule has 1 saturated carbocycles. The lowest BCUT2D eigenvalue weighted by Gasteiger charge is -2.30. The van der Waals surface area contributed by atoms with Crippen LogP contribution in [-0.4, -0.2) is 35.2 Å². The van der Waals surface area contributed by atoms with Crippen molar-refractivity contribution >= 4 is 0 Å². The van der Waals surface area contributed by atoms with Gasteiger partial charge in [-0.15, -0.1) is 0 Å². The van der Waals surface area contributed by atoms with Gasteiger partial charge in [-0.25, -0.2) is 0 Å². The van der Waals surface area contributed by atoms with Crippen LogP contribution in [-0.2, 0) is 0 Å². The molecular formula is C12H25NO. The lowest BCUT2D eigenvalue weighted by molar-refractivity contribution is 0.0956. The SMILES string of the molecule is CCN(CC(C)O)C1CCCCCC1. The molecule has 1 atom stereocenters. The lowest BCUT2D eigenvalue weighted by atomic mass is 10.1. The molecule has 84 valence electrons. The largest absolute Gasteiger partial charge is 0.392 e. The van der Waals surface area contributed by atoms with Crippen molar-refractivity contribution in [3.63, 3.8) is 0 Å². The molecule has 0 spiro atoms. The van der Waals surface area contributed by atoms with Crippen molar-refractivity contribution in [2.45, 2.75) is 64.5 Å². The average Bonchev–Trinajstić information content (AvgIpc) is 2.41. The fourth-order valence-corrected chi connectivity index (χ4v) is 2.50. The molecule has 1 unspecified atom stereocenters. The van der Waals surface area contributed by atoms with Crippen LogP contribution in [0.5, 0.6) is 0 Å². The van der Waals surface area contributed by atoms with Crippen molar-refractivity contribution in [3.05, 3.63) is 0 Å². The topological polar surface area (TPSA) is 23.5 Å². The maximum absolute atomic E-state index is 9.41. The Morgan fingerprint density at radius 1 is 1.21 bits per heavy atom. The molecule has 2 heteroatoms. The van der Waals surface area contributed by atoms with Crippen molar-refractivity contribution in [1.29, 1.82) is 0 Å². The Kier molecular flexibility index (Phi) is 5.49. The minimum absolute atomic E-state index is 0.182. The molecule has 0 radical (unpaired) electrons. The Balaban J connectivity index is 2.40. The molecule has 0 aliphatic heterocycles. The van der Waals surface area contributed by atoms with E-state index in [0.29, 0.717) is 0 Å². The summed E-state index contributed by atoms with van der Waals surface area (Å²) in [5.74, 6) is 0. The zero-order valence-electron chi connectivity index (χ0n) is 9.71. The van der Waals surface area contributed by atoms with E-state index >= 15 is 0 Å². The van der Waals surface area contributed by atoms with E-state index in [-0.39, 0.29) is 6.10 Å². The van der Waals surface area contributed by atoms with Crippen LogP contribution in [0.4, 0.5) is 0 Å². The molecule has 14 heavy (non-hydrogen) atoms. The van der Waals surface area contributed by atoms with Crippen LogP contribution in [0.1, 0.15) is 52.4 Å². The molecule has 1 rings (SSSR count). The normalized spacial score (nSPS) is 22.3. The van der Waals surface area contributed by atoms with Gasteiger partial charge < -0.3 is 5.11 Å². The predicted octanol–water partition coefficient (Wildman–Crippen LogP) is 2.41. The highest BCUT2D eigenvalue weighted by Crippen LogP contribution is 2.21. The number of nitrogens with zero attached hydrogens (tertiary/aromatic N) is 1. The molecule has 1 aliphatic carbocycles. The van der Waals surface area contributed by atoms with Crippen LogP contribution < -0.4 is 0 Å². The summed E-state index contributed by atoms with van der Waals surface area (Å²) in [5, 5.41) is 9.41. The van der Waals surface area contributed by atoms with E-state index < -0.39 is 0 Å². The molecule has 2 nitrogen and oxygen atoms in total. The highest BCUT2D eigenvalue weighted by molar-refractivity contribution is 4.75. The van der Waals surface area contributed by atoms with E-state index in [1.807, 2.05) is 6.92 Å². The second-order valence-corrected chi connectivity index (χ2v) is 4.58. The van der Waals surface area contributed by atoms with Gasteiger partial charge in [-0.3, -0.25) is 4.90 Å². The average molecular weight is 199 g/mol. The summed E-state index contributed by atoms with van der Waals surface area (Å²) in [5.41, 5.74) is 0. The van der Waals surface area contributed by atoms with E-state index in [1.54, 1.807) is 0 Å². The van der Waals surface area contributed by atoms with Gasteiger partial charge in [-0.1, -0.05) is 32.6 Å². The van der Waals surface area contributed by atoms with Crippen molar-refractivity contribution in [2.75, 3.05) is 13.1 Å². The third kappa shape index (κ3) is 3.97. The number of hydrogen-bond acceptors (Lipinski definition) is 2. The summed E-state index contributed by atoms with van der Waals surface area (Å²) in [4.78, 5) is 2.45. The smallest absolute Gasteiger partial charge is 0.0639 e. The highest BCUT2D eigenvalue weighted by Gasteiger charge is 2.19. The maximum Gasteiger partial charge on any atom is 0.0639 e. The highest BCUT2D eigenvalue weighted by atomic mass is 16.3. The summed E-state index contributed by atoms with van der Waals surface area (Å²) in [6, 6.07) is 0.733. The van der Waals surface area contributed by atoms with Gasteiger partial charge in [0.1, 0.15) is 0 Å². The van der Waals surface area contributed by atoms with E-state index in [9.17, 15) is 5.11 Å². The van der Waals surface area contributed by atoms with Crippen molar-refractivity contribution < 1.29 is 5.11 Å². The summed E-state index contributed by atoms with van der Waals surface area (Å²) in [6.07, 6.45) is 8.05. The fourth-order valence-electron chi connectivity index (χ4n) is 2.50. The first-order valence-corrected chi connectivity index (χ1v) is 6.16. The van der Waals surface area contributed by atoms with Gasteiger partial charge in [-0.05, 0) is 26.3 Å². The number of aliphatic hydroxyl groups excluding tert-OH is 1. The second-order valence-electron chi connectivity index (χ2n) is 4.58. The standard InChI is InChI=1S/C12H25NO/c1-3-13(10-11(2)14)12-8-6-4-5-7-9-12/h11-12,14H,3-10H2,1-2H3. The Morgan fingerprint density at radius 3 is 2.21 bits per heavy atom.